The SMILES string of the molecule is CCC1C(=O)NCCN1C(=O)c1cc(Br)ccc1C. The van der Waals surface area contributed by atoms with Crippen molar-refractivity contribution in [1.82, 2.24) is 10.2 Å². The Morgan fingerprint density at radius 3 is 2.95 bits per heavy atom. The largest absolute Gasteiger partial charge is 0.353 e. The lowest BCUT2D eigenvalue weighted by molar-refractivity contribution is -0.127. The molecule has 2 amide bonds. The van der Waals surface area contributed by atoms with Crippen LogP contribution in [0.15, 0.2) is 22.7 Å². The molecule has 102 valence electrons. The summed E-state index contributed by atoms with van der Waals surface area (Å²) in [4.78, 5) is 26.1. The van der Waals surface area contributed by atoms with Crippen molar-refractivity contribution in [2.24, 2.45) is 0 Å². The maximum atomic E-state index is 12.6. The zero-order valence-corrected chi connectivity index (χ0v) is 12.7. The van der Waals surface area contributed by atoms with E-state index in [1.807, 2.05) is 32.0 Å². The maximum Gasteiger partial charge on any atom is 0.254 e. The average Bonchev–Trinajstić information content (AvgIpc) is 2.40. The summed E-state index contributed by atoms with van der Waals surface area (Å²) in [5.41, 5.74) is 1.58. The molecule has 0 aliphatic carbocycles. The van der Waals surface area contributed by atoms with E-state index in [0.29, 0.717) is 25.1 Å². The Morgan fingerprint density at radius 2 is 2.26 bits per heavy atom. The van der Waals surface area contributed by atoms with E-state index in [0.717, 1.165) is 10.0 Å². The first kappa shape index (κ1) is 14.1. The third-order valence-corrected chi connectivity index (χ3v) is 3.90. The number of rotatable bonds is 2. The molecule has 1 heterocycles. The van der Waals surface area contributed by atoms with E-state index < -0.39 is 0 Å². The molecule has 19 heavy (non-hydrogen) atoms. The van der Waals surface area contributed by atoms with Gasteiger partial charge in [0.1, 0.15) is 6.04 Å². The lowest BCUT2D eigenvalue weighted by Gasteiger charge is -2.34. The van der Waals surface area contributed by atoms with Gasteiger partial charge in [-0.15, -0.1) is 0 Å². The van der Waals surface area contributed by atoms with Crippen LogP contribution in [-0.4, -0.2) is 35.8 Å². The third-order valence-electron chi connectivity index (χ3n) is 3.41. The van der Waals surface area contributed by atoms with E-state index in [9.17, 15) is 9.59 Å². The van der Waals surface area contributed by atoms with Crippen molar-refractivity contribution in [2.75, 3.05) is 13.1 Å². The summed E-state index contributed by atoms with van der Waals surface area (Å²) in [7, 11) is 0. The number of nitrogens with one attached hydrogen (secondary N) is 1. The topological polar surface area (TPSA) is 49.4 Å². The molecular formula is C14H17BrN2O2. The Kier molecular flexibility index (Phi) is 4.24. The normalized spacial score (nSPS) is 19.2. The van der Waals surface area contributed by atoms with E-state index in [4.69, 9.17) is 0 Å². The summed E-state index contributed by atoms with van der Waals surface area (Å²) in [6, 6.07) is 5.27. The molecule has 1 aromatic carbocycles. The highest BCUT2D eigenvalue weighted by atomic mass is 79.9. The van der Waals surface area contributed by atoms with Crippen LogP contribution in [0.1, 0.15) is 29.3 Å². The molecule has 0 spiro atoms. The lowest BCUT2D eigenvalue weighted by Crippen LogP contribution is -2.57. The van der Waals surface area contributed by atoms with Crippen LogP contribution in [0.2, 0.25) is 0 Å². The summed E-state index contributed by atoms with van der Waals surface area (Å²) in [6.07, 6.45) is 0.630. The molecule has 1 unspecified atom stereocenters. The lowest BCUT2D eigenvalue weighted by atomic mass is 10.0. The zero-order valence-electron chi connectivity index (χ0n) is 11.1. The molecule has 0 saturated carbocycles. The number of nitrogens with zero attached hydrogens (tertiary/aromatic N) is 1. The molecule has 1 aliphatic rings. The summed E-state index contributed by atoms with van der Waals surface area (Å²) in [6.45, 7) is 4.91. The standard InChI is InChI=1S/C14H17BrN2O2/c1-3-12-13(18)16-6-7-17(12)14(19)11-8-10(15)5-4-9(11)2/h4-5,8,12H,3,6-7H2,1-2H3,(H,16,18). The summed E-state index contributed by atoms with van der Waals surface area (Å²) < 4.78 is 0.871. The summed E-state index contributed by atoms with van der Waals surface area (Å²) >= 11 is 3.38. The van der Waals surface area contributed by atoms with Gasteiger partial charge in [-0.1, -0.05) is 28.9 Å². The van der Waals surface area contributed by atoms with Gasteiger partial charge in [0, 0.05) is 23.1 Å². The summed E-state index contributed by atoms with van der Waals surface area (Å²) in [5.74, 6) is -0.129. The Balaban J connectivity index is 2.32. The number of carbonyl (C=O) groups is 2. The van der Waals surface area contributed by atoms with Gasteiger partial charge in [0.15, 0.2) is 0 Å². The number of piperazine rings is 1. The van der Waals surface area contributed by atoms with E-state index in [1.165, 1.54) is 0 Å². The number of benzene rings is 1. The molecule has 1 fully saturated rings. The van der Waals surface area contributed by atoms with Crippen molar-refractivity contribution < 1.29 is 9.59 Å². The van der Waals surface area contributed by atoms with E-state index in [1.54, 1.807) is 4.90 Å². The van der Waals surface area contributed by atoms with E-state index >= 15 is 0 Å². The van der Waals surface area contributed by atoms with Crippen molar-refractivity contribution in [3.05, 3.63) is 33.8 Å². The Hall–Kier alpha value is -1.36. The molecule has 1 N–H and O–H groups in total. The molecule has 1 aromatic rings. The van der Waals surface area contributed by atoms with Gasteiger partial charge in [-0.2, -0.15) is 0 Å². The minimum absolute atomic E-state index is 0.0604. The number of hydrogen-bond donors (Lipinski definition) is 1. The molecule has 4 nitrogen and oxygen atoms in total. The predicted octanol–water partition coefficient (Wildman–Crippen LogP) is 2.11. The van der Waals surface area contributed by atoms with Crippen LogP contribution in [0.4, 0.5) is 0 Å². The highest BCUT2D eigenvalue weighted by Gasteiger charge is 2.32. The van der Waals surface area contributed by atoms with Crippen molar-refractivity contribution in [1.29, 1.82) is 0 Å². The van der Waals surface area contributed by atoms with Gasteiger partial charge in [-0.05, 0) is 31.0 Å². The van der Waals surface area contributed by atoms with Crippen molar-refractivity contribution in [3.8, 4) is 0 Å². The number of carbonyl (C=O) groups excluding carboxylic acids is 2. The molecule has 1 aliphatic heterocycles. The first-order valence-corrected chi connectivity index (χ1v) is 7.18. The Morgan fingerprint density at radius 1 is 1.53 bits per heavy atom. The molecule has 0 radical (unpaired) electrons. The van der Waals surface area contributed by atoms with Gasteiger partial charge in [0.05, 0.1) is 0 Å². The quantitative estimate of drug-likeness (QED) is 0.905. The number of aryl methyl sites for hydroxylation is 1. The minimum atomic E-state index is -0.361. The van der Waals surface area contributed by atoms with Crippen LogP contribution >= 0.6 is 15.9 Å². The van der Waals surface area contributed by atoms with Gasteiger partial charge in [-0.25, -0.2) is 0 Å². The van der Waals surface area contributed by atoms with Crippen LogP contribution < -0.4 is 5.32 Å². The highest BCUT2D eigenvalue weighted by molar-refractivity contribution is 9.10. The second-order valence-corrected chi connectivity index (χ2v) is 5.59. The van der Waals surface area contributed by atoms with Crippen LogP contribution in [0.5, 0.6) is 0 Å². The van der Waals surface area contributed by atoms with Gasteiger partial charge < -0.3 is 10.2 Å². The number of hydrogen-bond acceptors (Lipinski definition) is 2. The van der Waals surface area contributed by atoms with Crippen LogP contribution in [0.25, 0.3) is 0 Å². The fourth-order valence-corrected chi connectivity index (χ4v) is 2.70. The first-order valence-electron chi connectivity index (χ1n) is 6.39. The third kappa shape index (κ3) is 2.81. The molecular weight excluding hydrogens is 308 g/mol. The number of halogens is 1. The van der Waals surface area contributed by atoms with Gasteiger partial charge >= 0.3 is 0 Å². The fourth-order valence-electron chi connectivity index (χ4n) is 2.34. The van der Waals surface area contributed by atoms with Crippen molar-refractivity contribution >= 4 is 27.7 Å². The van der Waals surface area contributed by atoms with Crippen LogP contribution in [0, 0.1) is 6.92 Å². The predicted molar refractivity (Wildman–Crippen MR) is 77.0 cm³/mol. The maximum absolute atomic E-state index is 12.6. The second-order valence-electron chi connectivity index (χ2n) is 4.67. The zero-order chi connectivity index (χ0) is 14.0. The highest BCUT2D eigenvalue weighted by Crippen LogP contribution is 2.20. The smallest absolute Gasteiger partial charge is 0.254 e. The molecule has 0 aromatic heterocycles. The molecule has 1 saturated heterocycles. The van der Waals surface area contributed by atoms with Crippen LogP contribution in [-0.2, 0) is 4.79 Å². The van der Waals surface area contributed by atoms with Gasteiger partial charge in [0.2, 0.25) is 5.91 Å². The number of amides is 2. The Labute approximate surface area is 121 Å². The van der Waals surface area contributed by atoms with Crippen LogP contribution in [0.3, 0.4) is 0 Å². The molecule has 1 atom stereocenters. The monoisotopic (exact) mass is 324 g/mol. The Bertz CT molecular complexity index is 516. The molecule has 2 rings (SSSR count). The van der Waals surface area contributed by atoms with Crippen molar-refractivity contribution in [3.63, 3.8) is 0 Å². The van der Waals surface area contributed by atoms with Gasteiger partial charge in [-0.3, -0.25) is 9.59 Å². The van der Waals surface area contributed by atoms with E-state index in [2.05, 4.69) is 21.2 Å². The van der Waals surface area contributed by atoms with E-state index in [-0.39, 0.29) is 17.9 Å². The first-order chi connectivity index (χ1) is 9.04. The van der Waals surface area contributed by atoms with Gasteiger partial charge in [0.25, 0.3) is 5.91 Å². The average molecular weight is 325 g/mol. The van der Waals surface area contributed by atoms with Crippen molar-refractivity contribution in [2.45, 2.75) is 26.3 Å². The second kappa shape index (κ2) is 5.74. The summed E-state index contributed by atoms with van der Waals surface area (Å²) in [5, 5.41) is 2.80. The molecule has 0 bridgehead atoms. The fraction of sp³-hybridized carbons (Fsp3) is 0.429. The molecule has 5 heteroatoms. The minimum Gasteiger partial charge on any atom is -0.353 e.